The third-order valence-electron chi connectivity index (χ3n) is 8.09. The molecule has 29 heavy (non-hydrogen) atoms. The zero-order valence-electron chi connectivity index (χ0n) is 17.2. The summed E-state index contributed by atoms with van der Waals surface area (Å²) in [7, 11) is 0. The molecule has 5 aliphatic rings. The average Bonchev–Trinajstić information content (AvgIpc) is 3.30. The van der Waals surface area contributed by atoms with E-state index in [-0.39, 0.29) is 17.8 Å². The quantitative estimate of drug-likeness (QED) is 0.539. The Labute approximate surface area is 168 Å². The second-order valence-electron chi connectivity index (χ2n) is 10.1. The highest BCUT2D eigenvalue weighted by Gasteiger charge is 2.88. The fourth-order valence-corrected chi connectivity index (χ4v) is 6.74. The van der Waals surface area contributed by atoms with Gasteiger partial charge in [0.2, 0.25) is 6.29 Å². The van der Waals surface area contributed by atoms with Crippen molar-refractivity contribution in [2.24, 2.45) is 22.2 Å². The summed E-state index contributed by atoms with van der Waals surface area (Å²) in [5.74, 6) is -1.85. The summed E-state index contributed by atoms with van der Waals surface area (Å²) in [6.45, 7) is 9.64. The molecule has 1 N–H and O–H groups in total. The third kappa shape index (κ3) is 1.95. The molecule has 0 radical (unpaired) electrons. The maximum Gasteiger partial charge on any atom is 0.338 e. The molecule has 1 aliphatic carbocycles. The molecule has 8 atom stereocenters. The van der Waals surface area contributed by atoms with E-state index < -0.39 is 59.4 Å². The molecule has 0 aromatic rings. The molecule has 4 aliphatic heterocycles. The Morgan fingerprint density at radius 2 is 1.76 bits per heavy atom. The zero-order chi connectivity index (χ0) is 21.1. The smallest absolute Gasteiger partial charge is 0.338 e. The van der Waals surface area contributed by atoms with Gasteiger partial charge in [0.25, 0.3) is 0 Å². The minimum Gasteiger partial charge on any atom is -0.460 e. The maximum atomic E-state index is 12.7. The molecular formula is C21H26O8. The Balaban J connectivity index is 1.70. The second kappa shape index (κ2) is 5.40. The molecule has 8 heteroatoms. The average molecular weight is 406 g/mol. The summed E-state index contributed by atoms with van der Waals surface area (Å²) in [5.41, 5.74) is -1.15. The number of rotatable bonds is 2. The Hall–Kier alpha value is -1.93. The Bertz CT molecular complexity index is 868. The van der Waals surface area contributed by atoms with E-state index in [2.05, 4.69) is 0 Å². The summed E-state index contributed by atoms with van der Waals surface area (Å²) in [6.07, 6.45) is -3.83. The van der Waals surface area contributed by atoms with Gasteiger partial charge < -0.3 is 24.1 Å². The van der Waals surface area contributed by atoms with Crippen LogP contribution in [0.15, 0.2) is 11.1 Å². The highest BCUT2D eigenvalue weighted by Crippen LogP contribution is 2.76. The number of carbonyl (C=O) groups excluding carboxylic acids is 3. The number of esters is 3. The fourth-order valence-electron chi connectivity index (χ4n) is 6.74. The summed E-state index contributed by atoms with van der Waals surface area (Å²) < 4.78 is 22.8. The van der Waals surface area contributed by atoms with E-state index in [0.29, 0.717) is 12.0 Å². The first-order valence-corrected chi connectivity index (χ1v) is 10.1. The fraction of sp³-hybridized carbons (Fsp3) is 0.762. The van der Waals surface area contributed by atoms with E-state index in [1.165, 1.54) is 0 Å². The summed E-state index contributed by atoms with van der Waals surface area (Å²) >= 11 is 0. The van der Waals surface area contributed by atoms with Crippen molar-refractivity contribution in [3.63, 3.8) is 0 Å². The molecule has 0 aromatic heterocycles. The Morgan fingerprint density at radius 3 is 2.34 bits per heavy atom. The van der Waals surface area contributed by atoms with E-state index in [1.807, 2.05) is 27.7 Å². The van der Waals surface area contributed by atoms with Gasteiger partial charge in [-0.1, -0.05) is 20.8 Å². The lowest BCUT2D eigenvalue weighted by Crippen LogP contribution is -2.57. The van der Waals surface area contributed by atoms with Crippen LogP contribution in [-0.2, 0) is 33.3 Å². The van der Waals surface area contributed by atoms with Crippen molar-refractivity contribution < 1.29 is 38.4 Å². The molecular weight excluding hydrogens is 380 g/mol. The molecule has 0 aromatic carbocycles. The van der Waals surface area contributed by atoms with Gasteiger partial charge in [-0.2, -0.15) is 0 Å². The molecule has 5 rings (SSSR count). The van der Waals surface area contributed by atoms with Crippen molar-refractivity contribution in [1.29, 1.82) is 0 Å². The van der Waals surface area contributed by atoms with Crippen LogP contribution in [0.4, 0.5) is 0 Å². The van der Waals surface area contributed by atoms with Crippen molar-refractivity contribution in [2.45, 2.75) is 78.2 Å². The molecule has 1 saturated carbocycles. The summed E-state index contributed by atoms with van der Waals surface area (Å²) in [4.78, 5) is 37.3. The van der Waals surface area contributed by atoms with Crippen LogP contribution < -0.4 is 0 Å². The standard InChI is InChI=1S/C21H26O8/c1-8-9(2)15(23)26-10(8)7-20-12-6-11(19(3,4)5)21(20)13(22)16(24)29-18(21)28-14(20)17(25)27-12/h10-14,18,22H,6-7H2,1-5H3/t10?,11-,12?,13-,14?,18?,20?,21?/m0/s1. The Morgan fingerprint density at radius 1 is 1.07 bits per heavy atom. The predicted octanol–water partition coefficient (Wildman–Crippen LogP) is 1.25. The lowest BCUT2D eigenvalue weighted by atomic mass is 9.53. The van der Waals surface area contributed by atoms with Gasteiger partial charge in [-0.3, -0.25) is 0 Å². The number of hydrogen-bond donors (Lipinski definition) is 1. The van der Waals surface area contributed by atoms with Crippen molar-refractivity contribution in [1.82, 2.24) is 0 Å². The third-order valence-corrected chi connectivity index (χ3v) is 8.09. The lowest BCUT2D eigenvalue weighted by Gasteiger charge is -2.46. The van der Waals surface area contributed by atoms with Crippen LogP contribution in [0.3, 0.4) is 0 Å². The molecule has 6 unspecified atom stereocenters. The summed E-state index contributed by atoms with van der Waals surface area (Å²) in [6, 6.07) is 0. The molecule has 4 fully saturated rings. The molecule has 3 saturated heterocycles. The van der Waals surface area contributed by atoms with Crippen LogP contribution in [0.2, 0.25) is 0 Å². The first-order chi connectivity index (χ1) is 13.5. The van der Waals surface area contributed by atoms with E-state index in [4.69, 9.17) is 18.9 Å². The lowest BCUT2D eigenvalue weighted by molar-refractivity contribution is -0.180. The SMILES string of the molecule is CC1=C(C)C(CC23C4C[C@@H](C(C)(C)C)C25C(OC(=O)[C@@H]5O)OC3C(=O)O4)OC1=O. The van der Waals surface area contributed by atoms with Crippen LogP contribution in [0.1, 0.15) is 47.5 Å². The number of ether oxygens (including phenoxy) is 4. The van der Waals surface area contributed by atoms with E-state index in [9.17, 15) is 19.5 Å². The Kier molecular flexibility index (Phi) is 3.55. The van der Waals surface area contributed by atoms with Crippen LogP contribution in [0.25, 0.3) is 0 Å². The highest BCUT2D eigenvalue weighted by molar-refractivity contribution is 5.91. The first kappa shape index (κ1) is 19.1. The minimum absolute atomic E-state index is 0.202. The van der Waals surface area contributed by atoms with Gasteiger partial charge in [0.05, 0.1) is 10.8 Å². The molecule has 0 bridgehead atoms. The number of cyclic esters (lactones) is 1. The molecule has 4 heterocycles. The monoisotopic (exact) mass is 406 g/mol. The second-order valence-corrected chi connectivity index (χ2v) is 10.1. The predicted molar refractivity (Wildman–Crippen MR) is 95.9 cm³/mol. The largest absolute Gasteiger partial charge is 0.460 e. The maximum absolute atomic E-state index is 12.7. The van der Waals surface area contributed by atoms with Crippen LogP contribution >= 0.6 is 0 Å². The van der Waals surface area contributed by atoms with Gasteiger partial charge in [0, 0.05) is 12.0 Å². The molecule has 158 valence electrons. The molecule has 1 spiro atoms. The number of hydrogen-bond acceptors (Lipinski definition) is 8. The minimum atomic E-state index is -1.44. The zero-order valence-corrected chi connectivity index (χ0v) is 17.2. The number of carbonyl (C=O) groups is 3. The highest BCUT2D eigenvalue weighted by atomic mass is 16.7. The van der Waals surface area contributed by atoms with E-state index in [0.717, 1.165) is 5.57 Å². The molecule has 0 amide bonds. The normalized spacial score (nSPS) is 48.0. The van der Waals surface area contributed by atoms with Crippen LogP contribution in [0, 0.1) is 22.2 Å². The van der Waals surface area contributed by atoms with Gasteiger partial charge >= 0.3 is 17.9 Å². The van der Waals surface area contributed by atoms with Gasteiger partial charge in [0.15, 0.2) is 12.2 Å². The van der Waals surface area contributed by atoms with Crippen molar-refractivity contribution in [2.75, 3.05) is 0 Å². The van der Waals surface area contributed by atoms with Gasteiger partial charge in [0.1, 0.15) is 12.2 Å². The number of aliphatic hydroxyl groups is 1. The van der Waals surface area contributed by atoms with Crippen molar-refractivity contribution in [3.05, 3.63) is 11.1 Å². The van der Waals surface area contributed by atoms with E-state index >= 15 is 0 Å². The van der Waals surface area contributed by atoms with Crippen LogP contribution in [0.5, 0.6) is 0 Å². The van der Waals surface area contributed by atoms with Gasteiger partial charge in [-0.05, 0) is 37.2 Å². The topological polar surface area (TPSA) is 108 Å². The van der Waals surface area contributed by atoms with Crippen molar-refractivity contribution in [3.8, 4) is 0 Å². The first-order valence-electron chi connectivity index (χ1n) is 10.1. The van der Waals surface area contributed by atoms with Gasteiger partial charge in [-0.25, -0.2) is 14.4 Å². The van der Waals surface area contributed by atoms with Crippen LogP contribution in [-0.4, -0.2) is 53.7 Å². The van der Waals surface area contributed by atoms with Gasteiger partial charge in [-0.15, -0.1) is 0 Å². The summed E-state index contributed by atoms with van der Waals surface area (Å²) in [5, 5.41) is 11.2. The van der Waals surface area contributed by atoms with Crippen molar-refractivity contribution >= 4 is 17.9 Å². The van der Waals surface area contributed by atoms with E-state index in [1.54, 1.807) is 6.92 Å². The molecule has 8 nitrogen and oxygen atoms in total. The number of aliphatic hydroxyl groups excluding tert-OH is 1.